The zero-order valence-electron chi connectivity index (χ0n) is 18.4. The molecule has 3 aromatic heterocycles. The fraction of sp³-hybridized carbons (Fsp3) is 0.240. The third-order valence-corrected chi connectivity index (χ3v) is 6.21. The highest BCUT2D eigenvalue weighted by Gasteiger charge is 2.16. The molecule has 4 rings (SSSR count). The Bertz CT molecular complexity index is 1560. The van der Waals surface area contributed by atoms with Gasteiger partial charge in [0, 0.05) is 17.2 Å². The SMILES string of the molecule is CCCCCn1c(=NC(=O)c2ccccc2Br)c(C#N)cc2c(=O)n3cccc(C)c3nc21. The number of rotatable bonds is 5. The summed E-state index contributed by atoms with van der Waals surface area (Å²) in [6, 6.07) is 14.3. The van der Waals surface area contributed by atoms with Crippen LogP contribution in [0.4, 0.5) is 0 Å². The monoisotopic (exact) mass is 503 g/mol. The molecular weight excluding hydrogens is 482 g/mol. The second kappa shape index (κ2) is 9.51. The highest BCUT2D eigenvalue weighted by atomic mass is 79.9. The van der Waals surface area contributed by atoms with Crippen LogP contribution < -0.4 is 11.0 Å². The number of benzene rings is 1. The van der Waals surface area contributed by atoms with Gasteiger partial charge >= 0.3 is 0 Å². The molecule has 33 heavy (non-hydrogen) atoms. The van der Waals surface area contributed by atoms with E-state index in [9.17, 15) is 14.9 Å². The lowest BCUT2D eigenvalue weighted by Gasteiger charge is -2.14. The molecule has 4 aromatic rings. The number of carbonyl (C=O) groups is 1. The predicted molar refractivity (Wildman–Crippen MR) is 130 cm³/mol. The van der Waals surface area contributed by atoms with Crippen molar-refractivity contribution in [3.63, 3.8) is 0 Å². The van der Waals surface area contributed by atoms with E-state index in [-0.39, 0.29) is 16.6 Å². The Labute approximate surface area is 198 Å². The number of carbonyl (C=O) groups excluding carboxylic acids is 1. The minimum Gasteiger partial charge on any atom is -0.309 e. The first kappa shape index (κ1) is 22.6. The van der Waals surface area contributed by atoms with Gasteiger partial charge in [-0.2, -0.15) is 10.3 Å². The topological polar surface area (TPSA) is 92.5 Å². The van der Waals surface area contributed by atoms with Crippen molar-refractivity contribution >= 4 is 38.5 Å². The van der Waals surface area contributed by atoms with Crippen molar-refractivity contribution in [3.8, 4) is 6.07 Å². The van der Waals surface area contributed by atoms with E-state index in [4.69, 9.17) is 4.98 Å². The lowest BCUT2D eigenvalue weighted by Crippen LogP contribution is -2.30. The molecule has 0 aliphatic rings. The second-order valence-electron chi connectivity index (χ2n) is 7.79. The fourth-order valence-electron chi connectivity index (χ4n) is 3.81. The summed E-state index contributed by atoms with van der Waals surface area (Å²) < 4.78 is 3.85. The minimum absolute atomic E-state index is 0.158. The van der Waals surface area contributed by atoms with Crippen LogP contribution in [0.5, 0.6) is 0 Å². The molecule has 0 N–H and O–H groups in total. The summed E-state index contributed by atoms with van der Waals surface area (Å²) in [5.41, 5.74) is 2.31. The molecule has 0 aliphatic heterocycles. The summed E-state index contributed by atoms with van der Waals surface area (Å²) in [5.74, 6) is -0.476. The molecule has 166 valence electrons. The van der Waals surface area contributed by atoms with Crippen LogP contribution in [0.25, 0.3) is 16.7 Å². The van der Waals surface area contributed by atoms with E-state index in [2.05, 4.69) is 33.9 Å². The third kappa shape index (κ3) is 4.24. The van der Waals surface area contributed by atoms with Gasteiger partial charge in [0.15, 0.2) is 5.49 Å². The first-order valence-electron chi connectivity index (χ1n) is 10.8. The van der Waals surface area contributed by atoms with Crippen molar-refractivity contribution in [2.24, 2.45) is 4.99 Å². The number of pyridine rings is 2. The van der Waals surface area contributed by atoms with Gasteiger partial charge in [0.25, 0.3) is 11.5 Å². The van der Waals surface area contributed by atoms with Crippen LogP contribution in [0.3, 0.4) is 0 Å². The Kier molecular flexibility index (Phi) is 6.52. The van der Waals surface area contributed by atoms with E-state index in [1.165, 1.54) is 10.5 Å². The molecule has 0 atom stereocenters. The van der Waals surface area contributed by atoms with Crippen molar-refractivity contribution in [3.05, 3.63) is 85.7 Å². The van der Waals surface area contributed by atoms with Crippen LogP contribution in [-0.4, -0.2) is 19.9 Å². The molecule has 0 unspecified atom stereocenters. The summed E-state index contributed by atoms with van der Waals surface area (Å²) in [5, 5.41) is 10.2. The molecule has 0 radical (unpaired) electrons. The van der Waals surface area contributed by atoms with Crippen molar-refractivity contribution in [1.29, 1.82) is 5.26 Å². The van der Waals surface area contributed by atoms with Gasteiger partial charge in [-0.15, -0.1) is 0 Å². The molecule has 3 heterocycles. The van der Waals surface area contributed by atoms with Gasteiger partial charge in [-0.3, -0.25) is 14.0 Å². The number of halogens is 1. The van der Waals surface area contributed by atoms with Gasteiger partial charge in [0.1, 0.15) is 17.4 Å². The normalized spacial score (nSPS) is 11.8. The van der Waals surface area contributed by atoms with Gasteiger partial charge in [-0.25, -0.2) is 4.98 Å². The van der Waals surface area contributed by atoms with Crippen molar-refractivity contribution in [2.45, 2.75) is 39.7 Å². The first-order valence-corrected chi connectivity index (χ1v) is 11.5. The van der Waals surface area contributed by atoms with Crippen LogP contribution >= 0.6 is 15.9 Å². The molecule has 0 saturated heterocycles. The van der Waals surface area contributed by atoms with E-state index in [0.29, 0.717) is 33.3 Å². The highest BCUT2D eigenvalue weighted by Crippen LogP contribution is 2.17. The first-order chi connectivity index (χ1) is 16.0. The van der Waals surface area contributed by atoms with E-state index in [0.717, 1.165) is 24.8 Å². The van der Waals surface area contributed by atoms with E-state index < -0.39 is 5.91 Å². The summed E-state index contributed by atoms with van der Waals surface area (Å²) in [4.78, 5) is 35.5. The van der Waals surface area contributed by atoms with Gasteiger partial charge < -0.3 is 4.57 Å². The molecule has 8 heteroatoms. The smallest absolute Gasteiger partial charge is 0.280 e. The third-order valence-electron chi connectivity index (χ3n) is 5.52. The minimum atomic E-state index is -0.476. The zero-order chi connectivity index (χ0) is 23.5. The average Bonchev–Trinajstić information content (AvgIpc) is 2.81. The number of amides is 1. The molecule has 0 saturated carbocycles. The summed E-state index contributed by atoms with van der Waals surface area (Å²) in [7, 11) is 0. The van der Waals surface area contributed by atoms with Crippen LogP contribution in [0, 0.1) is 18.3 Å². The van der Waals surface area contributed by atoms with E-state index in [1.54, 1.807) is 35.0 Å². The lowest BCUT2D eigenvalue weighted by molar-refractivity contribution is 0.0996. The van der Waals surface area contributed by atoms with Crippen molar-refractivity contribution in [2.75, 3.05) is 0 Å². The Morgan fingerprint density at radius 3 is 2.70 bits per heavy atom. The largest absolute Gasteiger partial charge is 0.309 e. The number of aryl methyl sites for hydroxylation is 2. The fourth-order valence-corrected chi connectivity index (χ4v) is 4.27. The quantitative estimate of drug-likeness (QED) is 0.295. The van der Waals surface area contributed by atoms with E-state index >= 15 is 0 Å². The number of aromatic nitrogens is 3. The summed E-state index contributed by atoms with van der Waals surface area (Å²) in [6.07, 6.45) is 4.41. The number of hydrogen-bond donors (Lipinski definition) is 0. The number of hydrogen-bond acceptors (Lipinski definition) is 4. The molecule has 0 fully saturated rings. The zero-order valence-corrected chi connectivity index (χ0v) is 20.0. The molecule has 0 aliphatic carbocycles. The van der Waals surface area contributed by atoms with Crippen molar-refractivity contribution in [1.82, 2.24) is 14.0 Å². The van der Waals surface area contributed by atoms with Gasteiger partial charge in [0.2, 0.25) is 0 Å². The summed E-state index contributed by atoms with van der Waals surface area (Å²) >= 11 is 3.39. The molecule has 1 amide bonds. The maximum Gasteiger partial charge on any atom is 0.280 e. The highest BCUT2D eigenvalue weighted by molar-refractivity contribution is 9.10. The number of unbranched alkanes of at least 4 members (excludes halogenated alkanes) is 2. The van der Waals surface area contributed by atoms with Gasteiger partial charge in [-0.05, 0) is 59.1 Å². The maximum atomic E-state index is 13.3. The molecular formula is C25H22BrN5O2. The average molecular weight is 504 g/mol. The van der Waals surface area contributed by atoms with Crippen LogP contribution in [0.15, 0.2) is 62.9 Å². The second-order valence-corrected chi connectivity index (χ2v) is 8.64. The molecule has 0 spiro atoms. The Morgan fingerprint density at radius 1 is 1.18 bits per heavy atom. The van der Waals surface area contributed by atoms with Crippen LogP contribution in [-0.2, 0) is 6.54 Å². The molecule has 0 bridgehead atoms. The van der Waals surface area contributed by atoms with Crippen LogP contribution in [0.2, 0.25) is 0 Å². The Hall–Kier alpha value is -3.57. The lowest BCUT2D eigenvalue weighted by atomic mass is 10.2. The predicted octanol–water partition coefficient (Wildman–Crippen LogP) is 4.52. The van der Waals surface area contributed by atoms with E-state index in [1.807, 2.05) is 19.1 Å². The maximum absolute atomic E-state index is 13.3. The Morgan fingerprint density at radius 2 is 1.97 bits per heavy atom. The van der Waals surface area contributed by atoms with Crippen molar-refractivity contribution < 1.29 is 4.79 Å². The molecule has 1 aromatic carbocycles. The number of nitriles is 1. The number of nitrogens with zero attached hydrogens (tertiary/aromatic N) is 5. The summed E-state index contributed by atoms with van der Waals surface area (Å²) in [6.45, 7) is 4.47. The molecule has 7 nitrogen and oxygen atoms in total. The van der Waals surface area contributed by atoms with Crippen LogP contribution in [0.1, 0.15) is 47.7 Å². The van der Waals surface area contributed by atoms with Gasteiger partial charge in [0.05, 0.1) is 16.5 Å². The Balaban J connectivity index is 2.09. The standard InChI is InChI=1S/C25H22BrN5O2/c1-3-4-7-12-30-22(29-24(32)18-10-5-6-11-20(18)26)17(15-27)14-19-23(30)28-21-16(2)9-8-13-31(21)25(19)33/h5-6,8-11,13-14H,3-4,7,12H2,1-2H3. The van der Waals surface area contributed by atoms with Gasteiger partial charge in [-0.1, -0.05) is 38.0 Å². The number of fused-ring (bicyclic) bond motifs is 2.